The summed E-state index contributed by atoms with van der Waals surface area (Å²) in [6.07, 6.45) is 4.30. The quantitative estimate of drug-likeness (QED) is 0.802. The molecule has 1 aliphatic heterocycles. The van der Waals surface area contributed by atoms with Crippen LogP contribution in [0, 0.1) is 12.3 Å². The Bertz CT molecular complexity index is 655. The number of hydrogen-bond donors (Lipinski definition) is 0. The van der Waals surface area contributed by atoms with Gasteiger partial charge < -0.3 is 4.90 Å². The molecule has 0 bridgehead atoms. The van der Waals surface area contributed by atoms with E-state index in [-0.39, 0.29) is 0 Å². The summed E-state index contributed by atoms with van der Waals surface area (Å²) in [5.41, 5.74) is 3.39. The molecular weight excluding hydrogens is 294 g/mol. The zero-order valence-corrected chi connectivity index (χ0v) is 14.2. The van der Waals surface area contributed by atoms with Crippen molar-refractivity contribution in [1.29, 1.82) is 0 Å². The number of piperidine rings is 1. The van der Waals surface area contributed by atoms with Gasteiger partial charge in [0.1, 0.15) is 5.82 Å². The molecule has 3 nitrogen and oxygen atoms in total. The third kappa shape index (κ3) is 3.25. The van der Waals surface area contributed by atoms with Crippen molar-refractivity contribution in [2.45, 2.75) is 33.6 Å². The number of rotatable bonds is 2. The van der Waals surface area contributed by atoms with Gasteiger partial charge in [-0.3, -0.25) is 4.98 Å². The SMILES string of the molecule is Cc1nc(N2CCC(C)(C)CC2)cnc1-c1ccc(Cl)cc1. The van der Waals surface area contributed by atoms with Crippen molar-refractivity contribution in [3.8, 4) is 11.3 Å². The lowest BCUT2D eigenvalue weighted by Crippen LogP contribution is -2.37. The molecular formula is C18H22ClN3. The Morgan fingerprint density at radius 3 is 2.32 bits per heavy atom. The normalized spacial score (nSPS) is 17.5. The summed E-state index contributed by atoms with van der Waals surface area (Å²) in [4.78, 5) is 11.8. The van der Waals surface area contributed by atoms with Crippen LogP contribution in [0.25, 0.3) is 11.3 Å². The van der Waals surface area contributed by atoms with Gasteiger partial charge in [0.2, 0.25) is 0 Å². The maximum atomic E-state index is 5.95. The second-order valence-electron chi connectivity index (χ2n) is 6.82. The first-order valence-corrected chi connectivity index (χ1v) is 8.17. The number of anilines is 1. The Kier molecular flexibility index (Phi) is 4.09. The number of aromatic nitrogens is 2. The Hall–Kier alpha value is -1.61. The lowest BCUT2D eigenvalue weighted by atomic mass is 9.83. The molecule has 116 valence electrons. The van der Waals surface area contributed by atoms with Crippen molar-refractivity contribution in [3.05, 3.63) is 41.2 Å². The van der Waals surface area contributed by atoms with Crippen molar-refractivity contribution in [2.24, 2.45) is 5.41 Å². The molecule has 22 heavy (non-hydrogen) atoms. The average Bonchev–Trinajstić information content (AvgIpc) is 2.48. The van der Waals surface area contributed by atoms with Gasteiger partial charge in [0.05, 0.1) is 17.6 Å². The van der Waals surface area contributed by atoms with E-state index in [4.69, 9.17) is 16.6 Å². The average molecular weight is 316 g/mol. The molecule has 0 amide bonds. The molecule has 1 fully saturated rings. The van der Waals surface area contributed by atoms with Crippen molar-refractivity contribution < 1.29 is 0 Å². The molecule has 0 N–H and O–H groups in total. The van der Waals surface area contributed by atoms with Crippen molar-refractivity contribution in [2.75, 3.05) is 18.0 Å². The summed E-state index contributed by atoms with van der Waals surface area (Å²) in [5.74, 6) is 0.991. The lowest BCUT2D eigenvalue weighted by Gasteiger charge is -2.37. The van der Waals surface area contributed by atoms with Gasteiger partial charge in [-0.15, -0.1) is 0 Å². The summed E-state index contributed by atoms with van der Waals surface area (Å²) >= 11 is 5.95. The molecule has 0 spiro atoms. The zero-order valence-electron chi connectivity index (χ0n) is 13.4. The highest BCUT2D eigenvalue weighted by atomic mass is 35.5. The molecule has 0 radical (unpaired) electrons. The van der Waals surface area contributed by atoms with Gasteiger partial charge in [-0.2, -0.15) is 0 Å². The Morgan fingerprint density at radius 1 is 1.09 bits per heavy atom. The van der Waals surface area contributed by atoms with E-state index in [0.717, 1.165) is 40.9 Å². The highest BCUT2D eigenvalue weighted by Gasteiger charge is 2.26. The molecule has 0 atom stereocenters. The van der Waals surface area contributed by atoms with Gasteiger partial charge in [0.25, 0.3) is 0 Å². The fourth-order valence-corrected chi connectivity index (χ4v) is 2.98. The molecule has 1 saturated heterocycles. The summed E-state index contributed by atoms with van der Waals surface area (Å²) in [6.45, 7) is 8.81. The van der Waals surface area contributed by atoms with Gasteiger partial charge in [0, 0.05) is 23.7 Å². The second-order valence-corrected chi connectivity index (χ2v) is 7.26. The van der Waals surface area contributed by atoms with E-state index in [1.807, 2.05) is 37.4 Å². The van der Waals surface area contributed by atoms with Crippen LogP contribution in [-0.2, 0) is 0 Å². The molecule has 1 aromatic heterocycles. The first-order valence-electron chi connectivity index (χ1n) is 7.79. The van der Waals surface area contributed by atoms with Crippen LogP contribution in [0.15, 0.2) is 30.5 Å². The fraction of sp³-hybridized carbons (Fsp3) is 0.444. The predicted molar refractivity (Wildman–Crippen MR) is 92.4 cm³/mol. The lowest BCUT2D eigenvalue weighted by molar-refractivity contribution is 0.279. The molecule has 2 aromatic rings. The predicted octanol–water partition coefficient (Wildman–Crippen LogP) is 4.73. The van der Waals surface area contributed by atoms with Gasteiger partial charge in [-0.05, 0) is 37.3 Å². The molecule has 3 rings (SSSR count). The minimum Gasteiger partial charge on any atom is -0.355 e. The van der Waals surface area contributed by atoms with Crippen LogP contribution >= 0.6 is 11.6 Å². The number of benzene rings is 1. The molecule has 4 heteroatoms. The molecule has 0 aliphatic carbocycles. The van der Waals surface area contributed by atoms with Gasteiger partial charge in [-0.1, -0.05) is 37.6 Å². The number of aryl methyl sites for hydroxylation is 1. The number of halogens is 1. The summed E-state index contributed by atoms with van der Waals surface area (Å²) in [5, 5.41) is 0.738. The van der Waals surface area contributed by atoms with Crippen LogP contribution in [0.2, 0.25) is 5.02 Å². The minimum absolute atomic E-state index is 0.447. The van der Waals surface area contributed by atoms with E-state index in [9.17, 15) is 0 Å². The summed E-state index contributed by atoms with van der Waals surface area (Å²) in [7, 11) is 0. The largest absolute Gasteiger partial charge is 0.355 e. The Morgan fingerprint density at radius 2 is 1.73 bits per heavy atom. The molecule has 0 unspecified atom stereocenters. The van der Waals surface area contributed by atoms with Crippen LogP contribution < -0.4 is 4.90 Å². The van der Waals surface area contributed by atoms with Crippen LogP contribution in [-0.4, -0.2) is 23.1 Å². The number of nitrogens with zero attached hydrogens (tertiary/aromatic N) is 3. The standard InChI is InChI=1S/C18H22ClN3/c1-13-17(14-4-6-15(19)7-5-14)20-12-16(21-13)22-10-8-18(2,3)9-11-22/h4-7,12H,8-11H2,1-3H3. The van der Waals surface area contributed by atoms with Crippen LogP contribution in [0.1, 0.15) is 32.4 Å². The summed E-state index contributed by atoms with van der Waals surface area (Å²) < 4.78 is 0. The highest BCUT2D eigenvalue weighted by Crippen LogP contribution is 2.32. The zero-order chi connectivity index (χ0) is 15.7. The number of hydrogen-bond acceptors (Lipinski definition) is 3. The summed E-state index contributed by atoms with van der Waals surface area (Å²) in [6, 6.07) is 7.75. The maximum Gasteiger partial charge on any atom is 0.147 e. The monoisotopic (exact) mass is 315 g/mol. The van der Waals surface area contributed by atoms with E-state index in [1.54, 1.807) is 0 Å². The van der Waals surface area contributed by atoms with Crippen LogP contribution in [0.3, 0.4) is 0 Å². The van der Waals surface area contributed by atoms with Crippen LogP contribution in [0.5, 0.6) is 0 Å². The minimum atomic E-state index is 0.447. The molecule has 1 aliphatic rings. The van der Waals surface area contributed by atoms with E-state index in [1.165, 1.54) is 12.8 Å². The molecule has 1 aromatic carbocycles. The maximum absolute atomic E-state index is 5.95. The molecule has 2 heterocycles. The molecule has 0 saturated carbocycles. The first kappa shape index (κ1) is 15.3. The third-order valence-electron chi connectivity index (χ3n) is 4.49. The van der Waals surface area contributed by atoms with Crippen molar-refractivity contribution in [3.63, 3.8) is 0 Å². The van der Waals surface area contributed by atoms with Crippen molar-refractivity contribution >= 4 is 17.4 Å². The second kappa shape index (κ2) is 5.88. The fourth-order valence-electron chi connectivity index (χ4n) is 2.85. The van der Waals surface area contributed by atoms with E-state index >= 15 is 0 Å². The van der Waals surface area contributed by atoms with Gasteiger partial charge >= 0.3 is 0 Å². The van der Waals surface area contributed by atoms with E-state index in [2.05, 4.69) is 23.7 Å². The third-order valence-corrected chi connectivity index (χ3v) is 4.74. The van der Waals surface area contributed by atoms with E-state index in [0.29, 0.717) is 5.41 Å². The van der Waals surface area contributed by atoms with Gasteiger partial charge in [0.15, 0.2) is 0 Å². The van der Waals surface area contributed by atoms with Crippen molar-refractivity contribution in [1.82, 2.24) is 9.97 Å². The van der Waals surface area contributed by atoms with Crippen LogP contribution in [0.4, 0.5) is 5.82 Å². The van der Waals surface area contributed by atoms with E-state index < -0.39 is 0 Å². The topological polar surface area (TPSA) is 29.0 Å². The van der Waals surface area contributed by atoms with Gasteiger partial charge in [-0.25, -0.2) is 4.98 Å². The Balaban J connectivity index is 1.82. The Labute approximate surface area is 137 Å². The smallest absolute Gasteiger partial charge is 0.147 e. The highest BCUT2D eigenvalue weighted by molar-refractivity contribution is 6.30. The first-order chi connectivity index (χ1) is 10.4.